The molecule has 1 aromatic rings. The fourth-order valence-electron chi connectivity index (χ4n) is 2.60. The molecule has 1 N–H and O–H groups in total. The molecule has 0 amide bonds. The van der Waals surface area contributed by atoms with Crippen molar-refractivity contribution in [3.8, 4) is 0 Å². The van der Waals surface area contributed by atoms with Crippen LogP contribution < -0.4 is 0 Å². The number of carbonyl (C=O) groups is 1. The molecule has 1 fully saturated rings. The third-order valence-corrected chi connectivity index (χ3v) is 6.03. The Morgan fingerprint density at radius 3 is 2.71 bits per heavy atom. The van der Waals surface area contributed by atoms with Gasteiger partial charge >= 0.3 is 5.97 Å². The van der Waals surface area contributed by atoms with Crippen LogP contribution in [0.1, 0.15) is 19.8 Å². The molecule has 0 bridgehead atoms. The third kappa shape index (κ3) is 3.12. The lowest BCUT2D eigenvalue weighted by atomic mass is 9.93. The Balaban J connectivity index is 2.48. The topological polar surface area (TPSA) is 74.7 Å². The van der Waals surface area contributed by atoms with Crippen LogP contribution in [0.2, 0.25) is 0 Å². The molecule has 1 heterocycles. The van der Waals surface area contributed by atoms with Gasteiger partial charge in [0.05, 0.1) is 0 Å². The molecule has 0 spiro atoms. The summed E-state index contributed by atoms with van der Waals surface area (Å²) in [5.41, 5.74) is 0. The second-order valence-electron chi connectivity index (χ2n) is 5.09. The zero-order valence-corrected chi connectivity index (χ0v) is 13.7. The Labute approximate surface area is 130 Å². The number of carboxylic acid groups (broad SMARTS) is 1. The number of benzene rings is 1. The second-order valence-corrected chi connectivity index (χ2v) is 7.87. The van der Waals surface area contributed by atoms with Gasteiger partial charge in [-0.15, -0.1) is 0 Å². The van der Waals surface area contributed by atoms with Crippen molar-refractivity contribution in [1.29, 1.82) is 0 Å². The quantitative estimate of drug-likeness (QED) is 0.874. The van der Waals surface area contributed by atoms with Crippen molar-refractivity contribution in [2.24, 2.45) is 5.92 Å². The van der Waals surface area contributed by atoms with Gasteiger partial charge in [-0.3, -0.25) is 4.79 Å². The molecule has 1 aromatic carbocycles. The minimum Gasteiger partial charge on any atom is -0.480 e. The zero-order chi connectivity index (χ0) is 15.8. The van der Waals surface area contributed by atoms with E-state index in [1.165, 1.54) is 6.07 Å². The van der Waals surface area contributed by atoms with Crippen LogP contribution in [0.3, 0.4) is 0 Å². The summed E-state index contributed by atoms with van der Waals surface area (Å²) in [4.78, 5) is 10.9. The maximum absolute atomic E-state index is 13.9. The summed E-state index contributed by atoms with van der Waals surface area (Å²) >= 11 is 3.06. The first-order chi connectivity index (χ1) is 9.75. The molecule has 2 rings (SSSR count). The minimum absolute atomic E-state index is 0.0825. The van der Waals surface area contributed by atoms with Gasteiger partial charge in [-0.25, -0.2) is 12.8 Å². The van der Waals surface area contributed by atoms with Crippen molar-refractivity contribution in [3.05, 3.63) is 28.5 Å². The number of aliphatic carboxylic acids is 1. The lowest BCUT2D eigenvalue weighted by Gasteiger charge is -2.36. The van der Waals surface area contributed by atoms with Crippen LogP contribution in [-0.4, -0.2) is 36.4 Å². The first-order valence-corrected chi connectivity index (χ1v) is 8.68. The maximum atomic E-state index is 13.9. The van der Waals surface area contributed by atoms with E-state index in [9.17, 15) is 22.7 Å². The highest BCUT2D eigenvalue weighted by Crippen LogP contribution is 2.31. The number of carboxylic acids is 1. The number of hydrogen-bond donors (Lipinski definition) is 1. The number of hydrogen-bond acceptors (Lipinski definition) is 3. The van der Waals surface area contributed by atoms with E-state index < -0.39 is 32.7 Å². The highest BCUT2D eigenvalue weighted by molar-refractivity contribution is 9.10. The van der Waals surface area contributed by atoms with E-state index in [4.69, 9.17) is 0 Å². The fraction of sp³-hybridized carbons (Fsp3) is 0.462. The fourth-order valence-corrected chi connectivity index (χ4v) is 4.69. The van der Waals surface area contributed by atoms with Crippen LogP contribution in [0.15, 0.2) is 27.6 Å². The molecule has 0 radical (unpaired) electrons. The zero-order valence-electron chi connectivity index (χ0n) is 11.3. The summed E-state index contributed by atoms with van der Waals surface area (Å²) in [7, 11) is -4.18. The van der Waals surface area contributed by atoms with Crippen LogP contribution in [0, 0.1) is 11.7 Å². The van der Waals surface area contributed by atoms with Crippen molar-refractivity contribution in [1.82, 2.24) is 4.31 Å². The largest absolute Gasteiger partial charge is 0.480 e. The van der Waals surface area contributed by atoms with E-state index in [0.717, 1.165) is 16.4 Å². The smallest absolute Gasteiger partial charge is 0.322 e. The van der Waals surface area contributed by atoms with Crippen molar-refractivity contribution in [2.45, 2.75) is 30.7 Å². The lowest BCUT2D eigenvalue weighted by molar-refractivity contribution is -0.144. The molecule has 5 nitrogen and oxygen atoms in total. The summed E-state index contributed by atoms with van der Waals surface area (Å²) < 4.78 is 40.4. The van der Waals surface area contributed by atoms with Crippen LogP contribution >= 0.6 is 15.9 Å². The van der Waals surface area contributed by atoms with E-state index in [1.807, 2.05) is 0 Å². The molecule has 0 aliphatic carbocycles. The van der Waals surface area contributed by atoms with Gasteiger partial charge in [-0.1, -0.05) is 22.9 Å². The molecule has 21 heavy (non-hydrogen) atoms. The second kappa shape index (κ2) is 6.02. The monoisotopic (exact) mass is 379 g/mol. The van der Waals surface area contributed by atoms with Gasteiger partial charge in [0.25, 0.3) is 0 Å². The number of piperidine rings is 1. The molecular formula is C13H15BrFNO4S. The molecule has 2 unspecified atom stereocenters. The first-order valence-electron chi connectivity index (χ1n) is 6.45. The van der Waals surface area contributed by atoms with Gasteiger partial charge in [0, 0.05) is 11.0 Å². The van der Waals surface area contributed by atoms with Gasteiger partial charge in [0.15, 0.2) is 0 Å². The Morgan fingerprint density at radius 1 is 1.48 bits per heavy atom. The molecule has 0 saturated carbocycles. The molecule has 116 valence electrons. The Kier molecular flexibility index (Phi) is 4.69. The molecule has 1 aliphatic rings. The van der Waals surface area contributed by atoms with Gasteiger partial charge in [0.1, 0.15) is 16.8 Å². The van der Waals surface area contributed by atoms with E-state index >= 15 is 0 Å². The number of sulfonamides is 1. The first kappa shape index (κ1) is 16.4. The van der Waals surface area contributed by atoms with E-state index in [0.29, 0.717) is 17.3 Å². The normalized spacial score (nSPS) is 24.0. The summed E-state index contributed by atoms with van der Waals surface area (Å²) in [6, 6.07) is 2.45. The van der Waals surface area contributed by atoms with Gasteiger partial charge in [-0.2, -0.15) is 4.31 Å². The average molecular weight is 380 g/mol. The average Bonchev–Trinajstić information content (AvgIpc) is 2.37. The molecular weight excluding hydrogens is 365 g/mol. The van der Waals surface area contributed by atoms with Gasteiger partial charge < -0.3 is 5.11 Å². The molecule has 2 atom stereocenters. The molecule has 0 aromatic heterocycles. The van der Waals surface area contributed by atoms with Crippen LogP contribution in [0.5, 0.6) is 0 Å². The highest BCUT2D eigenvalue weighted by Gasteiger charge is 2.42. The standard InChI is InChI=1S/C13H15BrFNO4S/c1-8-3-2-6-16(12(8)13(17)18)21(19,20)11-5-4-9(14)7-10(11)15/h4-5,7-8,12H,2-3,6H2,1H3,(H,17,18). The number of halogens is 2. The van der Waals surface area contributed by atoms with E-state index in [-0.39, 0.29) is 12.5 Å². The lowest BCUT2D eigenvalue weighted by Crippen LogP contribution is -2.51. The third-order valence-electron chi connectivity index (χ3n) is 3.62. The van der Waals surface area contributed by atoms with Crippen molar-refractivity contribution < 1.29 is 22.7 Å². The Hall–Kier alpha value is -0.990. The molecule has 1 aliphatic heterocycles. The summed E-state index contributed by atoms with van der Waals surface area (Å²) in [5.74, 6) is -2.42. The summed E-state index contributed by atoms with van der Waals surface area (Å²) in [5, 5.41) is 9.30. The van der Waals surface area contributed by atoms with Crippen LogP contribution in [-0.2, 0) is 14.8 Å². The Bertz CT molecular complexity index is 664. The maximum Gasteiger partial charge on any atom is 0.322 e. The van der Waals surface area contributed by atoms with Crippen molar-refractivity contribution >= 4 is 31.9 Å². The van der Waals surface area contributed by atoms with Gasteiger partial charge in [-0.05, 0) is 37.0 Å². The van der Waals surface area contributed by atoms with E-state index in [2.05, 4.69) is 15.9 Å². The van der Waals surface area contributed by atoms with Gasteiger partial charge in [0.2, 0.25) is 10.0 Å². The summed E-state index contributed by atoms with van der Waals surface area (Å²) in [6.07, 6.45) is 1.19. The SMILES string of the molecule is CC1CCCN(S(=O)(=O)c2ccc(Br)cc2F)C1C(=O)O. The number of rotatable bonds is 3. The van der Waals surface area contributed by atoms with Crippen molar-refractivity contribution in [2.75, 3.05) is 6.54 Å². The van der Waals surface area contributed by atoms with E-state index in [1.54, 1.807) is 6.92 Å². The minimum atomic E-state index is -4.18. The molecule has 1 saturated heterocycles. The van der Waals surface area contributed by atoms with Crippen LogP contribution in [0.25, 0.3) is 0 Å². The van der Waals surface area contributed by atoms with Crippen molar-refractivity contribution in [3.63, 3.8) is 0 Å². The van der Waals surface area contributed by atoms with Crippen LogP contribution in [0.4, 0.5) is 4.39 Å². The predicted molar refractivity (Wildman–Crippen MR) is 77.8 cm³/mol. The predicted octanol–water partition coefficient (Wildman–Crippen LogP) is 2.46. The number of nitrogens with zero attached hydrogens (tertiary/aromatic N) is 1. The highest BCUT2D eigenvalue weighted by atomic mass is 79.9. The Morgan fingerprint density at radius 2 is 2.14 bits per heavy atom. The molecule has 8 heteroatoms. The summed E-state index contributed by atoms with van der Waals surface area (Å²) in [6.45, 7) is 1.78.